The molecule has 4 aromatic rings. The van der Waals surface area contributed by atoms with Crippen molar-refractivity contribution in [2.24, 2.45) is 16.1 Å². The first kappa shape index (κ1) is 28.2. The predicted molar refractivity (Wildman–Crippen MR) is 160 cm³/mol. The highest BCUT2D eigenvalue weighted by molar-refractivity contribution is 5.69. The lowest BCUT2D eigenvalue weighted by Crippen LogP contribution is -2.45. The van der Waals surface area contributed by atoms with Gasteiger partial charge in [-0.1, -0.05) is 51.1 Å². The minimum atomic E-state index is -0.473. The zero-order valence-electron chi connectivity index (χ0n) is 23.6. The van der Waals surface area contributed by atoms with Crippen molar-refractivity contribution < 1.29 is 14.2 Å². The Balaban J connectivity index is 1.24. The van der Waals surface area contributed by atoms with Crippen molar-refractivity contribution in [3.05, 3.63) is 89.9 Å². The third-order valence-electron chi connectivity index (χ3n) is 7.19. The van der Waals surface area contributed by atoms with Crippen molar-refractivity contribution in [1.29, 1.82) is 0 Å². The van der Waals surface area contributed by atoms with Crippen LogP contribution in [0.15, 0.2) is 83.2 Å². The number of nitrogens with one attached hydrogen (secondary N) is 1. The van der Waals surface area contributed by atoms with Crippen LogP contribution in [0.5, 0.6) is 5.75 Å². The van der Waals surface area contributed by atoms with E-state index in [9.17, 15) is 9.50 Å². The molecule has 1 fully saturated rings. The molecule has 1 unspecified atom stereocenters. The number of nitrogens with zero attached hydrogens (tertiary/aromatic N) is 5. The SMILES string of the molecule is CCc1cc(Nc2ccc(-c3cccc(O)c3)cc2)ccc1CN=Nc1ncc(F)c(N2CCOC(C(C)C)C2)n1. The van der Waals surface area contributed by atoms with Crippen LogP contribution in [0.25, 0.3) is 11.1 Å². The minimum Gasteiger partial charge on any atom is -0.508 e. The molecule has 1 aliphatic rings. The van der Waals surface area contributed by atoms with E-state index >= 15 is 0 Å². The lowest BCUT2D eigenvalue weighted by atomic mass is 10.0. The Labute approximate surface area is 240 Å². The second kappa shape index (κ2) is 12.9. The fourth-order valence-electron chi connectivity index (χ4n) is 4.85. The van der Waals surface area contributed by atoms with Gasteiger partial charge in [0.2, 0.25) is 0 Å². The average Bonchev–Trinajstić information content (AvgIpc) is 2.99. The summed E-state index contributed by atoms with van der Waals surface area (Å²) in [5.74, 6) is 0.479. The Morgan fingerprint density at radius 3 is 2.61 bits per heavy atom. The molecule has 1 atom stereocenters. The summed E-state index contributed by atoms with van der Waals surface area (Å²) in [6.45, 7) is 8.32. The van der Waals surface area contributed by atoms with Gasteiger partial charge in [-0.05, 0) is 71.0 Å². The maximum absolute atomic E-state index is 14.6. The van der Waals surface area contributed by atoms with E-state index in [1.165, 1.54) is 0 Å². The highest BCUT2D eigenvalue weighted by atomic mass is 19.1. The molecule has 212 valence electrons. The summed E-state index contributed by atoms with van der Waals surface area (Å²) in [5.41, 5.74) is 6.14. The Bertz CT molecular complexity index is 1510. The molecule has 0 radical (unpaired) electrons. The van der Waals surface area contributed by atoms with Gasteiger partial charge in [-0.2, -0.15) is 10.1 Å². The zero-order chi connectivity index (χ0) is 28.8. The number of aromatic hydroxyl groups is 1. The molecular formula is C32H35FN6O2. The van der Waals surface area contributed by atoms with E-state index in [2.05, 4.69) is 52.4 Å². The maximum atomic E-state index is 14.6. The number of aryl methyl sites for hydroxylation is 1. The summed E-state index contributed by atoms with van der Waals surface area (Å²) in [4.78, 5) is 10.3. The number of morpholine rings is 1. The number of benzene rings is 3. The molecule has 8 nitrogen and oxygen atoms in total. The molecule has 1 aliphatic heterocycles. The van der Waals surface area contributed by atoms with E-state index in [4.69, 9.17) is 4.74 Å². The van der Waals surface area contributed by atoms with Crippen LogP contribution in [0.4, 0.5) is 27.5 Å². The van der Waals surface area contributed by atoms with Crippen LogP contribution in [0.3, 0.4) is 0 Å². The number of phenols is 1. The molecule has 3 aromatic carbocycles. The topological polar surface area (TPSA) is 95.2 Å². The molecule has 1 saturated heterocycles. The van der Waals surface area contributed by atoms with Crippen molar-refractivity contribution in [2.75, 3.05) is 29.9 Å². The van der Waals surface area contributed by atoms with E-state index in [0.717, 1.165) is 46.2 Å². The fourth-order valence-corrected chi connectivity index (χ4v) is 4.85. The van der Waals surface area contributed by atoms with Crippen LogP contribution in [0.1, 0.15) is 31.9 Å². The standard InChI is InChI=1S/C32H35FN6O2/c1-4-22-16-27(36-26-11-8-23(9-12-26)24-6-5-7-28(40)17-24)13-10-25(22)18-35-38-32-34-19-29(33)31(37-32)39-14-15-41-30(20-39)21(2)3/h5-13,16-17,19,21,30,36,40H,4,14-15,18,20H2,1-3H3. The summed E-state index contributed by atoms with van der Waals surface area (Å²) >= 11 is 0. The number of phenolic OH excluding ortho intramolecular Hbond substituents is 1. The molecule has 5 rings (SSSR count). The van der Waals surface area contributed by atoms with E-state index in [1.807, 2.05) is 53.4 Å². The van der Waals surface area contributed by atoms with Gasteiger partial charge in [-0.25, -0.2) is 9.37 Å². The third kappa shape index (κ3) is 7.05. The summed E-state index contributed by atoms with van der Waals surface area (Å²) in [7, 11) is 0. The summed E-state index contributed by atoms with van der Waals surface area (Å²) in [6, 6.07) is 21.5. The van der Waals surface area contributed by atoms with Gasteiger partial charge >= 0.3 is 0 Å². The molecule has 1 aromatic heterocycles. The van der Waals surface area contributed by atoms with Crippen LogP contribution in [-0.4, -0.2) is 40.9 Å². The number of halogens is 1. The molecule has 41 heavy (non-hydrogen) atoms. The Morgan fingerprint density at radius 2 is 1.85 bits per heavy atom. The van der Waals surface area contributed by atoms with Crippen molar-refractivity contribution >= 4 is 23.1 Å². The Hall–Kier alpha value is -4.37. The molecule has 0 aliphatic carbocycles. The zero-order valence-corrected chi connectivity index (χ0v) is 23.6. The van der Waals surface area contributed by atoms with Gasteiger partial charge in [0.25, 0.3) is 5.95 Å². The quantitative estimate of drug-likeness (QED) is 0.209. The fraction of sp³-hybridized carbons (Fsp3) is 0.312. The minimum absolute atomic E-state index is 0.0252. The van der Waals surface area contributed by atoms with Crippen LogP contribution in [0.2, 0.25) is 0 Å². The molecular weight excluding hydrogens is 519 g/mol. The van der Waals surface area contributed by atoms with E-state index in [-0.39, 0.29) is 23.6 Å². The highest BCUT2D eigenvalue weighted by Crippen LogP contribution is 2.27. The highest BCUT2D eigenvalue weighted by Gasteiger charge is 2.26. The smallest absolute Gasteiger partial charge is 0.270 e. The maximum Gasteiger partial charge on any atom is 0.270 e. The molecule has 0 spiro atoms. The largest absolute Gasteiger partial charge is 0.508 e. The van der Waals surface area contributed by atoms with Gasteiger partial charge in [0, 0.05) is 24.5 Å². The monoisotopic (exact) mass is 554 g/mol. The van der Waals surface area contributed by atoms with Gasteiger partial charge in [-0.3, -0.25) is 0 Å². The van der Waals surface area contributed by atoms with Crippen LogP contribution >= 0.6 is 0 Å². The predicted octanol–water partition coefficient (Wildman–Crippen LogP) is 7.44. The first-order chi connectivity index (χ1) is 19.9. The Morgan fingerprint density at radius 1 is 1.05 bits per heavy atom. The van der Waals surface area contributed by atoms with E-state index in [0.29, 0.717) is 32.2 Å². The number of ether oxygens (including phenoxy) is 1. The van der Waals surface area contributed by atoms with Crippen LogP contribution < -0.4 is 10.2 Å². The average molecular weight is 555 g/mol. The second-order valence-electron chi connectivity index (χ2n) is 10.4. The number of azo groups is 1. The van der Waals surface area contributed by atoms with Crippen molar-refractivity contribution in [3.63, 3.8) is 0 Å². The number of anilines is 3. The third-order valence-corrected chi connectivity index (χ3v) is 7.19. The molecule has 0 saturated carbocycles. The van der Waals surface area contributed by atoms with E-state index < -0.39 is 5.82 Å². The molecule has 2 N–H and O–H groups in total. The number of hydrogen-bond donors (Lipinski definition) is 2. The lowest BCUT2D eigenvalue weighted by Gasteiger charge is -2.35. The van der Waals surface area contributed by atoms with Gasteiger partial charge in [0.1, 0.15) is 5.75 Å². The molecule has 0 bridgehead atoms. The summed E-state index contributed by atoms with van der Waals surface area (Å²) < 4.78 is 20.4. The van der Waals surface area contributed by atoms with Gasteiger partial charge in [-0.15, -0.1) is 5.11 Å². The van der Waals surface area contributed by atoms with Crippen molar-refractivity contribution in [3.8, 4) is 16.9 Å². The van der Waals surface area contributed by atoms with Gasteiger partial charge in [0.15, 0.2) is 11.6 Å². The van der Waals surface area contributed by atoms with Crippen LogP contribution in [-0.2, 0) is 17.7 Å². The van der Waals surface area contributed by atoms with Gasteiger partial charge < -0.3 is 20.1 Å². The van der Waals surface area contributed by atoms with Gasteiger partial charge in [0.05, 0.1) is 25.5 Å². The van der Waals surface area contributed by atoms with Crippen molar-refractivity contribution in [1.82, 2.24) is 9.97 Å². The Kier molecular flexibility index (Phi) is 8.84. The summed E-state index contributed by atoms with van der Waals surface area (Å²) in [6.07, 6.45) is 2.02. The van der Waals surface area contributed by atoms with Crippen LogP contribution in [0, 0.1) is 11.7 Å². The molecule has 2 heterocycles. The molecule has 9 heteroatoms. The first-order valence-corrected chi connectivity index (χ1v) is 13.9. The van der Waals surface area contributed by atoms with E-state index in [1.54, 1.807) is 12.1 Å². The number of hydrogen-bond acceptors (Lipinski definition) is 8. The number of rotatable bonds is 9. The first-order valence-electron chi connectivity index (χ1n) is 13.9. The van der Waals surface area contributed by atoms with Crippen molar-refractivity contribution in [2.45, 2.75) is 39.8 Å². The lowest BCUT2D eigenvalue weighted by molar-refractivity contribution is 0.0110. The number of aromatic nitrogens is 2. The normalized spacial score (nSPS) is 15.5. The summed E-state index contributed by atoms with van der Waals surface area (Å²) in [5, 5.41) is 21.7. The molecule has 0 amide bonds. The second-order valence-corrected chi connectivity index (χ2v) is 10.4.